The van der Waals surface area contributed by atoms with E-state index in [4.69, 9.17) is 10.2 Å². The van der Waals surface area contributed by atoms with Crippen molar-refractivity contribution in [2.45, 2.75) is 31.8 Å². The molecule has 1 aromatic rings. The molecule has 3 nitrogen and oxygen atoms in total. The van der Waals surface area contributed by atoms with E-state index in [2.05, 4.69) is 20.8 Å². The Morgan fingerprint density at radius 1 is 1.53 bits per heavy atom. The number of halogens is 1. The number of nitrogens with zero attached hydrogens (tertiary/aromatic N) is 1. The summed E-state index contributed by atoms with van der Waals surface area (Å²) in [6, 6.07) is 2.47. The van der Waals surface area contributed by atoms with Crippen LogP contribution in [-0.2, 0) is 6.54 Å². The number of likely N-dealkylation sites (tertiary alicyclic amines) is 1. The molecule has 1 unspecified atom stereocenters. The van der Waals surface area contributed by atoms with E-state index in [-0.39, 0.29) is 0 Å². The van der Waals surface area contributed by atoms with Crippen LogP contribution >= 0.6 is 15.9 Å². The molecule has 0 radical (unpaired) electrons. The quantitative estimate of drug-likeness (QED) is 0.919. The molecule has 0 bridgehead atoms. The first-order valence-corrected chi connectivity index (χ1v) is 6.26. The van der Waals surface area contributed by atoms with Crippen molar-refractivity contribution < 1.29 is 4.42 Å². The summed E-state index contributed by atoms with van der Waals surface area (Å²) in [6.45, 7) is 2.75. The highest BCUT2D eigenvalue weighted by Gasteiger charge is 2.22. The van der Waals surface area contributed by atoms with Gasteiger partial charge in [-0.1, -0.05) is 6.42 Å². The minimum Gasteiger partial charge on any atom is -0.467 e. The lowest BCUT2D eigenvalue weighted by Crippen LogP contribution is -2.43. The second-order valence-electron chi connectivity index (χ2n) is 4.05. The van der Waals surface area contributed by atoms with Gasteiger partial charge in [-0.25, -0.2) is 0 Å². The van der Waals surface area contributed by atoms with Crippen molar-refractivity contribution in [3.63, 3.8) is 0 Å². The SMILES string of the molecule is NCC1CCCCN1Cc1occc1Br. The van der Waals surface area contributed by atoms with E-state index in [1.165, 1.54) is 19.3 Å². The van der Waals surface area contributed by atoms with E-state index in [0.29, 0.717) is 6.04 Å². The smallest absolute Gasteiger partial charge is 0.131 e. The summed E-state index contributed by atoms with van der Waals surface area (Å²) in [7, 11) is 0. The van der Waals surface area contributed by atoms with Gasteiger partial charge in [-0.05, 0) is 41.4 Å². The van der Waals surface area contributed by atoms with E-state index < -0.39 is 0 Å². The highest BCUT2D eigenvalue weighted by Crippen LogP contribution is 2.23. The number of nitrogens with two attached hydrogens (primary N) is 1. The van der Waals surface area contributed by atoms with Crippen molar-refractivity contribution in [1.82, 2.24) is 4.90 Å². The molecule has 0 saturated carbocycles. The molecule has 2 heterocycles. The number of hydrogen-bond acceptors (Lipinski definition) is 3. The van der Waals surface area contributed by atoms with Crippen molar-refractivity contribution in [3.8, 4) is 0 Å². The first-order valence-electron chi connectivity index (χ1n) is 5.47. The minimum atomic E-state index is 0.524. The average Bonchev–Trinajstić information content (AvgIpc) is 2.65. The van der Waals surface area contributed by atoms with Crippen LogP contribution in [0.2, 0.25) is 0 Å². The Morgan fingerprint density at radius 2 is 2.40 bits per heavy atom. The van der Waals surface area contributed by atoms with Gasteiger partial charge in [0.15, 0.2) is 0 Å². The number of rotatable bonds is 3. The highest BCUT2D eigenvalue weighted by molar-refractivity contribution is 9.10. The number of hydrogen-bond donors (Lipinski definition) is 1. The fourth-order valence-corrected chi connectivity index (χ4v) is 2.48. The third-order valence-corrected chi connectivity index (χ3v) is 3.77. The normalized spacial score (nSPS) is 23.2. The van der Waals surface area contributed by atoms with Gasteiger partial charge in [0.25, 0.3) is 0 Å². The van der Waals surface area contributed by atoms with Crippen molar-refractivity contribution in [3.05, 3.63) is 22.6 Å². The van der Waals surface area contributed by atoms with Crippen LogP contribution in [0.4, 0.5) is 0 Å². The van der Waals surface area contributed by atoms with Crippen LogP contribution in [0.5, 0.6) is 0 Å². The number of furan rings is 1. The topological polar surface area (TPSA) is 42.4 Å². The van der Waals surface area contributed by atoms with Gasteiger partial charge >= 0.3 is 0 Å². The van der Waals surface area contributed by atoms with E-state index in [1.54, 1.807) is 6.26 Å². The summed E-state index contributed by atoms with van der Waals surface area (Å²) in [5.74, 6) is 1.01. The standard InChI is InChI=1S/C11H17BrN2O/c12-10-4-6-15-11(10)8-14-5-2-1-3-9(14)7-13/h4,6,9H,1-3,5,7-8,13H2. The predicted octanol–water partition coefficient (Wildman–Crippen LogP) is 2.36. The molecule has 84 valence electrons. The van der Waals surface area contributed by atoms with Crippen LogP contribution < -0.4 is 5.73 Å². The Morgan fingerprint density at radius 3 is 3.07 bits per heavy atom. The van der Waals surface area contributed by atoms with Gasteiger partial charge in [0.1, 0.15) is 5.76 Å². The Balaban J connectivity index is 2.00. The van der Waals surface area contributed by atoms with Crippen LogP contribution in [-0.4, -0.2) is 24.0 Å². The molecular formula is C11H17BrN2O. The molecule has 1 atom stereocenters. The van der Waals surface area contributed by atoms with Gasteiger partial charge < -0.3 is 10.2 Å². The first-order chi connectivity index (χ1) is 7.31. The highest BCUT2D eigenvalue weighted by atomic mass is 79.9. The average molecular weight is 273 g/mol. The number of piperidine rings is 1. The lowest BCUT2D eigenvalue weighted by atomic mass is 10.0. The molecular weight excluding hydrogens is 256 g/mol. The molecule has 1 saturated heterocycles. The van der Waals surface area contributed by atoms with Gasteiger partial charge in [-0.3, -0.25) is 4.90 Å². The van der Waals surface area contributed by atoms with E-state index in [0.717, 1.165) is 29.9 Å². The summed E-state index contributed by atoms with van der Waals surface area (Å²) in [5, 5.41) is 0. The molecule has 1 aliphatic rings. The van der Waals surface area contributed by atoms with Crippen molar-refractivity contribution >= 4 is 15.9 Å². The largest absolute Gasteiger partial charge is 0.467 e. The first kappa shape index (κ1) is 11.2. The lowest BCUT2D eigenvalue weighted by molar-refractivity contribution is 0.134. The summed E-state index contributed by atoms with van der Waals surface area (Å²) >= 11 is 3.48. The Bertz CT molecular complexity index is 313. The Kier molecular flexibility index (Phi) is 3.83. The summed E-state index contributed by atoms with van der Waals surface area (Å²) < 4.78 is 6.49. The van der Waals surface area contributed by atoms with Crippen LogP contribution in [0.15, 0.2) is 21.2 Å². The van der Waals surface area contributed by atoms with Gasteiger partial charge in [0, 0.05) is 12.6 Å². The molecule has 4 heteroatoms. The molecule has 2 rings (SSSR count). The zero-order chi connectivity index (χ0) is 10.7. The van der Waals surface area contributed by atoms with Crippen molar-refractivity contribution in [2.24, 2.45) is 5.73 Å². The van der Waals surface area contributed by atoms with Gasteiger partial charge in [0.2, 0.25) is 0 Å². The third-order valence-electron chi connectivity index (χ3n) is 3.06. The monoisotopic (exact) mass is 272 g/mol. The van der Waals surface area contributed by atoms with Crippen LogP contribution in [0, 0.1) is 0 Å². The molecule has 0 aliphatic carbocycles. The summed E-state index contributed by atoms with van der Waals surface area (Å²) in [5.41, 5.74) is 5.78. The molecule has 15 heavy (non-hydrogen) atoms. The molecule has 1 fully saturated rings. The minimum absolute atomic E-state index is 0.524. The van der Waals surface area contributed by atoms with Crippen molar-refractivity contribution in [1.29, 1.82) is 0 Å². The fourth-order valence-electron chi connectivity index (χ4n) is 2.16. The predicted molar refractivity (Wildman–Crippen MR) is 63.5 cm³/mol. The Hall–Kier alpha value is -0.320. The molecule has 0 spiro atoms. The van der Waals surface area contributed by atoms with E-state index >= 15 is 0 Å². The fraction of sp³-hybridized carbons (Fsp3) is 0.636. The maximum Gasteiger partial charge on any atom is 0.131 e. The summed E-state index contributed by atoms with van der Waals surface area (Å²) in [6.07, 6.45) is 5.52. The maximum absolute atomic E-state index is 5.78. The molecule has 0 aromatic carbocycles. The van der Waals surface area contributed by atoms with Gasteiger partial charge in [-0.2, -0.15) is 0 Å². The maximum atomic E-state index is 5.78. The second-order valence-corrected chi connectivity index (χ2v) is 4.90. The van der Waals surface area contributed by atoms with Gasteiger partial charge in [-0.15, -0.1) is 0 Å². The van der Waals surface area contributed by atoms with E-state index in [9.17, 15) is 0 Å². The zero-order valence-electron chi connectivity index (χ0n) is 8.79. The molecule has 1 aromatic heterocycles. The van der Waals surface area contributed by atoms with Crippen LogP contribution in [0.3, 0.4) is 0 Å². The lowest BCUT2D eigenvalue weighted by Gasteiger charge is -2.34. The Labute approximate surface area is 98.7 Å². The van der Waals surface area contributed by atoms with E-state index in [1.807, 2.05) is 6.07 Å². The van der Waals surface area contributed by atoms with Crippen LogP contribution in [0.1, 0.15) is 25.0 Å². The summed E-state index contributed by atoms with van der Waals surface area (Å²) in [4.78, 5) is 2.42. The third kappa shape index (κ3) is 2.62. The zero-order valence-corrected chi connectivity index (χ0v) is 10.4. The molecule has 2 N–H and O–H groups in total. The van der Waals surface area contributed by atoms with Crippen molar-refractivity contribution in [2.75, 3.05) is 13.1 Å². The molecule has 0 amide bonds. The second kappa shape index (κ2) is 5.14. The molecule has 1 aliphatic heterocycles. The van der Waals surface area contributed by atoms with Gasteiger partial charge in [0.05, 0.1) is 17.3 Å². The van der Waals surface area contributed by atoms with Crippen LogP contribution in [0.25, 0.3) is 0 Å².